The number of benzene rings is 2. The first-order chi connectivity index (χ1) is 13.5. The normalized spacial score (nSPS) is 14.0. The molecule has 0 heterocycles. The molecule has 152 valence electrons. The van der Waals surface area contributed by atoms with Crippen LogP contribution >= 0.6 is 63.7 Å². The Labute approximate surface area is 228 Å². The summed E-state index contributed by atoms with van der Waals surface area (Å²) in [5, 5.41) is 10.1. The monoisotopic (exact) mass is 690 g/mol. The maximum absolute atomic E-state index is 12.1. The minimum absolute atomic E-state index is 0. The second-order valence-electron chi connectivity index (χ2n) is 5.90. The number of carbonyl (C=O) groups excluding carboxylic acids is 1. The number of halogens is 4. The van der Waals surface area contributed by atoms with Gasteiger partial charge >= 0.3 is 29.6 Å². The number of phenols is 1. The van der Waals surface area contributed by atoms with Crippen molar-refractivity contribution in [3.63, 3.8) is 0 Å². The molecular weight excluding hydrogens is 683 g/mol. The van der Waals surface area contributed by atoms with Gasteiger partial charge in [0, 0.05) is 5.56 Å². The Kier molecular flexibility index (Phi) is 8.97. The van der Waals surface area contributed by atoms with Gasteiger partial charge in [-0.05, 0) is 111 Å². The van der Waals surface area contributed by atoms with Gasteiger partial charge in [0.15, 0.2) is 0 Å². The van der Waals surface area contributed by atoms with E-state index in [4.69, 9.17) is 0 Å². The van der Waals surface area contributed by atoms with Gasteiger partial charge in [-0.2, -0.15) is 8.42 Å². The standard InChI is InChI=1S/C19H10Br4O5S.Na.H/c20-12-5-9(6-13(21)18(12)24)17(10-7-14(22)19(25)15(23)8-10)11-3-1-2-4-16(11)29(26,27)28;;/h1-8,24H,(H,26,27,28);;. The topological polar surface area (TPSA) is 91.7 Å². The van der Waals surface area contributed by atoms with E-state index in [9.17, 15) is 22.9 Å². The molecule has 1 aliphatic rings. The summed E-state index contributed by atoms with van der Waals surface area (Å²) in [6.45, 7) is 0. The van der Waals surface area contributed by atoms with Gasteiger partial charge in [0.25, 0.3) is 10.1 Å². The first kappa shape index (κ1) is 26.2. The molecule has 0 spiro atoms. The second kappa shape index (κ2) is 10.3. The number of aromatic hydroxyl groups is 1. The van der Waals surface area contributed by atoms with Crippen LogP contribution in [0.4, 0.5) is 0 Å². The van der Waals surface area contributed by atoms with Crippen LogP contribution in [0.2, 0.25) is 0 Å². The molecule has 0 radical (unpaired) electrons. The van der Waals surface area contributed by atoms with Gasteiger partial charge in [0.2, 0.25) is 5.78 Å². The number of hydrogen-bond donors (Lipinski definition) is 2. The Balaban J connectivity index is 0.00000320. The number of phenolic OH excluding ortho intramolecular Hbond substituents is 1. The number of Topliss-reactive ketones (excluding diaryl/α,β-unsaturated/α-hetero) is 1. The van der Waals surface area contributed by atoms with Crippen molar-refractivity contribution in [1.82, 2.24) is 0 Å². The first-order valence-electron chi connectivity index (χ1n) is 7.79. The molecule has 0 saturated heterocycles. The molecule has 1 aliphatic carbocycles. The summed E-state index contributed by atoms with van der Waals surface area (Å²) < 4.78 is 35.1. The fourth-order valence-electron chi connectivity index (χ4n) is 2.79. The predicted molar refractivity (Wildman–Crippen MR) is 132 cm³/mol. The van der Waals surface area contributed by atoms with Gasteiger partial charge in [-0.3, -0.25) is 9.35 Å². The first-order valence-corrected chi connectivity index (χ1v) is 12.4. The molecule has 2 aromatic carbocycles. The number of allylic oxidation sites excluding steroid dienone is 5. The van der Waals surface area contributed by atoms with E-state index in [1.54, 1.807) is 36.4 Å². The molecule has 0 fully saturated rings. The van der Waals surface area contributed by atoms with E-state index in [0.717, 1.165) is 0 Å². The number of ketones is 1. The third kappa shape index (κ3) is 5.47. The van der Waals surface area contributed by atoms with Crippen LogP contribution in [0.3, 0.4) is 0 Å². The molecule has 0 aliphatic heterocycles. The quantitative estimate of drug-likeness (QED) is 0.330. The molecule has 0 bridgehead atoms. The average molecular weight is 694 g/mol. The summed E-state index contributed by atoms with van der Waals surface area (Å²) in [6, 6.07) is 9.22. The molecule has 0 saturated carbocycles. The summed E-state index contributed by atoms with van der Waals surface area (Å²) in [5.41, 5.74) is 1.72. The summed E-state index contributed by atoms with van der Waals surface area (Å²) in [4.78, 5) is 11.8. The summed E-state index contributed by atoms with van der Waals surface area (Å²) in [7, 11) is -4.53. The molecule has 0 aromatic heterocycles. The molecule has 11 heteroatoms. The van der Waals surface area contributed by atoms with Crippen LogP contribution in [0.1, 0.15) is 11.1 Å². The molecule has 2 aromatic rings. The van der Waals surface area contributed by atoms with Crippen LogP contribution in [0, 0.1) is 0 Å². The van der Waals surface area contributed by atoms with Crippen LogP contribution in [-0.2, 0) is 14.9 Å². The molecular formula is C19H11Br4NaO5S. The van der Waals surface area contributed by atoms with Crippen LogP contribution < -0.4 is 0 Å². The van der Waals surface area contributed by atoms with Gasteiger partial charge in [-0.1, -0.05) is 18.2 Å². The van der Waals surface area contributed by atoms with E-state index in [0.29, 0.717) is 25.7 Å². The van der Waals surface area contributed by atoms with Crippen LogP contribution in [0.5, 0.6) is 5.75 Å². The van der Waals surface area contributed by atoms with Gasteiger partial charge in [-0.25, -0.2) is 0 Å². The zero-order chi connectivity index (χ0) is 21.5. The summed E-state index contributed by atoms with van der Waals surface area (Å²) in [5.74, 6) is -0.280. The number of hydrogen-bond acceptors (Lipinski definition) is 4. The molecule has 0 atom stereocenters. The van der Waals surface area contributed by atoms with Gasteiger partial charge in [0.1, 0.15) is 10.6 Å². The second-order valence-corrected chi connectivity index (χ2v) is 10.7. The average Bonchev–Trinajstić information content (AvgIpc) is 2.64. The van der Waals surface area contributed by atoms with Gasteiger partial charge in [0.05, 0.1) is 17.9 Å². The van der Waals surface area contributed by atoms with E-state index in [2.05, 4.69) is 63.7 Å². The Morgan fingerprint density at radius 2 is 1.40 bits per heavy atom. The minimum atomic E-state index is -4.53. The summed E-state index contributed by atoms with van der Waals surface area (Å²) >= 11 is 13.0. The van der Waals surface area contributed by atoms with Crippen molar-refractivity contribution in [2.75, 3.05) is 0 Å². The third-order valence-electron chi connectivity index (χ3n) is 4.03. The van der Waals surface area contributed by atoms with Crippen LogP contribution in [-0.4, -0.2) is 53.4 Å². The zero-order valence-electron chi connectivity index (χ0n) is 14.2. The van der Waals surface area contributed by atoms with E-state index in [1.165, 1.54) is 12.1 Å². The van der Waals surface area contributed by atoms with E-state index >= 15 is 0 Å². The third-order valence-corrected chi connectivity index (χ3v) is 7.33. The Bertz CT molecular complexity index is 1200. The number of carbonyl (C=O) groups is 1. The van der Waals surface area contributed by atoms with Crippen molar-refractivity contribution in [2.24, 2.45) is 0 Å². The van der Waals surface area contributed by atoms with Crippen molar-refractivity contribution >= 4 is 115 Å². The Morgan fingerprint density at radius 1 is 0.900 bits per heavy atom. The SMILES string of the molecule is O=C1C(Br)=CC(=C(c2cc(Br)c(O)c(Br)c2)c2ccccc2S(=O)(=O)O)C=C1Br.[NaH]. The molecule has 30 heavy (non-hydrogen) atoms. The van der Waals surface area contributed by atoms with Crippen molar-refractivity contribution in [3.05, 3.63) is 83.2 Å². The van der Waals surface area contributed by atoms with Gasteiger partial charge in [-0.15, -0.1) is 0 Å². The predicted octanol–water partition coefficient (Wildman–Crippen LogP) is 5.46. The van der Waals surface area contributed by atoms with Gasteiger partial charge < -0.3 is 5.11 Å². The Hall–Kier alpha value is -0.0400. The molecule has 5 nitrogen and oxygen atoms in total. The van der Waals surface area contributed by atoms with Crippen LogP contribution in [0.25, 0.3) is 5.57 Å². The van der Waals surface area contributed by atoms with E-state index in [1.807, 2.05) is 0 Å². The van der Waals surface area contributed by atoms with Crippen molar-refractivity contribution in [2.45, 2.75) is 4.90 Å². The maximum atomic E-state index is 12.1. The number of rotatable bonds is 3. The van der Waals surface area contributed by atoms with Crippen LogP contribution in [0.15, 0.2) is 76.9 Å². The van der Waals surface area contributed by atoms with Crippen molar-refractivity contribution in [3.8, 4) is 5.75 Å². The van der Waals surface area contributed by atoms with E-state index in [-0.39, 0.29) is 60.5 Å². The Morgan fingerprint density at radius 3 is 1.90 bits per heavy atom. The van der Waals surface area contributed by atoms with Crippen molar-refractivity contribution < 1.29 is 22.9 Å². The fourth-order valence-corrected chi connectivity index (χ4v) is 5.86. The molecule has 0 amide bonds. The fraction of sp³-hybridized carbons (Fsp3) is 0. The zero-order valence-corrected chi connectivity index (χ0v) is 21.3. The molecule has 0 unspecified atom stereocenters. The summed E-state index contributed by atoms with van der Waals surface area (Å²) in [6.07, 6.45) is 3.13. The molecule has 2 N–H and O–H groups in total. The molecule has 3 rings (SSSR count). The van der Waals surface area contributed by atoms with E-state index < -0.39 is 10.1 Å². The van der Waals surface area contributed by atoms with Crippen molar-refractivity contribution in [1.29, 1.82) is 0 Å².